The SMILES string of the molecule is CCCCc1ccc(NC(=O)C2CN(c3nc4c(OC)cccc4s3)C2)cc1. The number of unbranched alkanes of at least 4 members (excludes halogenated alkanes) is 1. The van der Waals surface area contributed by atoms with Crippen molar-refractivity contribution >= 4 is 38.3 Å². The van der Waals surface area contributed by atoms with E-state index < -0.39 is 0 Å². The van der Waals surface area contributed by atoms with Crippen molar-refractivity contribution in [1.29, 1.82) is 0 Å². The molecule has 4 rings (SSSR count). The summed E-state index contributed by atoms with van der Waals surface area (Å²) in [6, 6.07) is 14.2. The van der Waals surface area contributed by atoms with Crippen LogP contribution in [0.15, 0.2) is 42.5 Å². The molecule has 2 aromatic carbocycles. The fourth-order valence-corrected chi connectivity index (χ4v) is 4.39. The number of hydrogen-bond donors (Lipinski definition) is 1. The third-order valence-corrected chi connectivity index (χ3v) is 6.24. The molecule has 1 aliphatic heterocycles. The lowest BCUT2D eigenvalue weighted by molar-refractivity contribution is -0.120. The third-order valence-electron chi connectivity index (χ3n) is 5.15. The largest absolute Gasteiger partial charge is 0.494 e. The molecule has 5 nitrogen and oxygen atoms in total. The Morgan fingerprint density at radius 3 is 2.75 bits per heavy atom. The molecule has 3 aromatic rings. The van der Waals surface area contributed by atoms with Crippen LogP contribution in [0.2, 0.25) is 0 Å². The minimum atomic E-state index is -0.00586. The van der Waals surface area contributed by atoms with E-state index in [2.05, 4.69) is 29.3 Å². The van der Waals surface area contributed by atoms with E-state index in [0.29, 0.717) is 13.1 Å². The Hall–Kier alpha value is -2.60. The standard InChI is InChI=1S/C22H25N3O2S/c1-3-4-6-15-9-11-17(12-10-15)23-21(26)16-13-25(14-16)22-24-20-18(27-2)7-5-8-19(20)28-22/h5,7-12,16H,3-4,6,13-14H2,1-2H3,(H,23,26). The maximum Gasteiger partial charge on any atom is 0.231 e. The zero-order valence-electron chi connectivity index (χ0n) is 16.3. The molecule has 28 heavy (non-hydrogen) atoms. The number of carbonyl (C=O) groups excluding carboxylic acids is 1. The number of amides is 1. The topological polar surface area (TPSA) is 54.5 Å². The summed E-state index contributed by atoms with van der Waals surface area (Å²) in [6.07, 6.45) is 3.48. The molecule has 1 aliphatic rings. The van der Waals surface area contributed by atoms with Gasteiger partial charge in [0.2, 0.25) is 5.91 Å². The highest BCUT2D eigenvalue weighted by Gasteiger charge is 2.34. The maximum atomic E-state index is 12.5. The second-order valence-corrected chi connectivity index (χ2v) is 8.20. The second kappa shape index (κ2) is 8.19. The quantitative estimate of drug-likeness (QED) is 0.629. The normalized spacial score (nSPS) is 14.1. The van der Waals surface area contributed by atoms with E-state index in [0.717, 1.165) is 33.2 Å². The minimum absolute atomic E-state index is 0.00586. The summed E-state index contributed by atoms with van der Waals surface area (Å²) in [5, 5.41) is 3.99. The lowest BCUT2D eigenvalue weighted by Crippen LogP contribution is -2.52. The van der Waals surface area contributed by atoms with E-state index in [9.17, 15) is 4.79 Å². The molecule has 1 fully saturated rings. The van der Waals surface area contributed by atoms with Gasteiger partial charge in [-0.1, -0.05) is 42.9 Å². The van der Waals surface area contributed by atoms with Crippen LogP contribution in [0.1, 0.15) is 25.3 Å². The zero-order valence-corrected chi connectivity index (χ0v) is 17.1. The molecule has 146 valence electrons. The molecule has 6 heteroatoms. The van der Waals surface area contributed by atoms with Crippen molar-refractivity contribution in [1.82, 2.24) is 4.98 Å². The predicted octanol–water partition coefficient (Wildman–Crippen LogP) is 4.72. The van der Waals surface area contributed by atoms with E-state index in [1.54, 1.807) is 18.4 Å². The lowest BCUT2D eigenvalue weighted by atomic mass is 10.00. The van der Waals surface area contributed by atoms with Gasteiger partial charge in [0.25, 0.3) is 0 Å². The molecule has 0 radical (unpaired) electrons. The first kappa shape index (κ1) is 18.7. The lowest BCUT2D eigenvalue weighted by Gasteiger charge is -2.37. The molecule has 0 atom stereocenters. The number of benzene rings is 2. The van der Waals surface area contributed by atoms with Gasteiger partial charge in [0.15, 0.2) is 5.13 Å². The fraction of sp³-hybridized carbons (Fsp3) is 0.364. The first-order valence-corrected chi connectivity index (χ1v) is 10.6. The van der Waals surface area contributed by atoms with Crippen molar-refractivity contribution in [2.45, 2.75) is 26.2 Å². The van der Waals surface area contributed by atoms with Crippen LogP contribution in [0, 0.1) is 5.92 Å². The number of ether oxygens (including phenoxy) is 1. The summed E-state index contributed by atoms with van der Waals surface area (Å²) in [5.74, 6) is 0.863. The average Bonchev–Trinajstić information content (AvgIpc) is 3.10. The molecule has 1 aromatic heterocycles. The Morgan fingerprint density at radius 2 is 2.04 bits per heavy atom. The third kappa shape index (κ3) is 3.83. The van der Waals surface area contributed by atoms with Crippen molar-refractivity contribution < 1.29 is 9.53 Å². The molecule has 0 saturated carbocycles. The summed E-state index contributed by atoms with van der Waals surface area (Å²) < 4.78 is 6.49. The molecular weight excluding hydrogens is 370 g/mol. The van der Waals surface area contributed by atoms with Gasteiger partial charge in [0.05, 0.1) is 17.7 Å². The molecule has 1 N–H and O–H groups in total. The van der Waals surface area contributed by atoms with E-state index in [4.69, 9.17) is 9.72 Å². The first-order valence-electron chi connectivity index (χ1n) is 9.76. The van der Waals surface area contributed by atoms with Crippen LogP contribution in [-0.2, 0) is 11.2 Å². The summed E-state index contributed by atoms with van der Waals surface area (Å²) in [7, 11) is 1.66. The Balaban J connectivity index is 1.34. The van der Waals surface area contributed by atoms with E-state index >= 15 is 0 Å². The van der Waals surface area contributed by atoms with Crippen LogP contribution in [-0.4, -0.2) is 31.1 Å². The van der Waals surface area contributed by atoms with Crippen molar-refractivity contribution in [3.63, 3.8) is 0 Å². The van der Waals surface area contributed by atoms with Crippen LogP contribution in [0.25, 0.3) is 10.2 Å². The monoisotopic (exact) mass is 395 g/mol. The summed E-state index contributed by atoms with van der Waals surface area (Å²) in [4.78, 5) is 19.4. The maximum absolute atomic E-state index is 12.5. The number of nitrogens with zero attached hydrogens (tertiary/aromatic N) is 2. The van der Waals surface area contributed by atoms with E-state index in [1.807, 2.05) is 30.3 Å². The molecule has 1 amide bonds. The average molecular weight is 396 g/mol. The van der Waals surface area contributed by atoms with Gasteiger partial charge in [-0.3, -0.25) is 4.79 Å². The Bertz CT molecular complexity index is 962. The van der Waals surface area contributed by atoms with Gasteiger partial charge in [0, 0.05) is 18.8 Å². The molecule has 0 aliphatic carbocycles. The van der Waals surface area contributed by atoms with Gasteiger partial charge in [0.1, 0.15) is 11.3 Å². The van der Waals surface area contributed by atoms with Crippen LogP contribution in [0.4, 0.5) is 10.8 Å². The van der Waals surface area contributed by atoms with Gasteiger partial charge in [-0.25, -0.2) is 4.98 Å². The predicted molar refractivity (Wildman–Crippen MR) is 116 cm³/mol. The number of rotatable bonds is 7. The molecule has 0 unspecified atom stereocenters. The minimum Gasteiger partial charge on any atom is -0.494 e. The number of carbonyl (C=O) groups is 1. The van der Waals surface area contributed by atoms with Gasteiger partial charge >= 0.3 is 0 Å². The molecule has 1 saturated heterocycles. The van der Waals surface area contributed by atoms with Crippen molar-refractivity contribution in [2.75, 3.05) is 30.4 Å². The van der Waals surface area contributed by atoms with E-state index in [1.165, 1.54) is 18.4 Å². The van der Waals surface area contributed by atoms with Crippen LogP contribution < -0.4 is 15.0 Å². The molecular formula is C22H25N3O2S. The van der Waals surface area contributed by atoms with Crippen LogP contribution in [0.3, 0.4) is 0 Å². The number of aryl methyl sites for hydroxylation is 1. The van der Waals surface area contributed by atoms with Gasteiger partial charge < -0.3 is 15.0 Å². The van der Waals surface area contributed by atoms with Gasteiger partial charge in [-0.2, -0.15) is 0 Å². The highest BCUT2D eigenvalue weighted by atomic mass is 32.1. The zero-order chi connectivity index (χ0) is 19.5. The van der Waals surface area contributed by atoms with Crippen molar-refractivity contribution in [3.8, 4) is 5.75 Å². The number of hydrogen-bond acceptors (Lipinski definition) is 5. The van der Waals surface area contributed by atoms with Crippen molar-refractivity contribution in [3.05, 3.63) is 48.0 Å². The Morgan fingerprint density at radius 1 is 1.25 bits per heavy atom. The number of thiazole rings is 1. The molecule has 0 bridgehead atoms. The number of para-hydroxylation sites is 1. The molecule has 2 heterocycles. The van der Waals surface area contributed by atoms with Crippen LogP contribution in [0.5, 0.6) is 5.75 Å². The fourth-order valence-electron chi connectivity index (χ4n) is 3.39. The number of anilines is 2. The van der Waals surface area contributed by atoms with Gasteiger partial charge in [-0.15, -0.1) is 0 Å². The van der Waals surface area contributed by atoms with Gasteiger partial charge in [-0.05, 0) is 42.7 Å². The number of methoxy groups -OCH3 is 1. The second-order valence-electron chi connectivity index (χ2n) is 7.20. The number of nitrogens with one attached hydrogen (secondary N) is 1. The highest BCUT2D eigenvalue weighted by molar-refractivity contribution is 7.22. The Labute approximate surface area is 169 Å². The smallest absolute Gasteiger partial charge is 0.231 e. The van der Waals surface area contributed by atoms with Crippen LogP contribution >= 0.6 is 11.3 Å². The van der Waals surface area contributed by atoms with Crippen molar-refractivity contribution in [2.24, 2.45) is 5.92 Å². The molecule has 0 spiro atoms. The summed E-state index contributed by atoms with van der Waals surface area (Å²) in [5.41, 5.74) is 3.08. The highest BCUT2D eigenvalue weighted by Crippen LogP contribution is 2.36. The first-order chi connectivity index (χ1) is 13.7. The summed E-state index contributed by atoms with van der Waals surface area (Å²) in [6.45, 7) is 3.59. The summed E-state index contributed by atoms with van der Waals surface area (Å²) >= 11 is 1.64. The number of aromatic nitrogens is 1. The van der Waals surface area contributed by atoms with E-state index in [-0.39, 0.29) is 11.8 Å². The number of fused-ring (bicyclic) bond motifs is 1. The Kier molecular flexibility index (Phi) is 5.48.